The van der Waals surface area contributed by atoms with Crippen molar-refractivity contribution in [3.05, 3.63) is 45.8 Å². The number of hydrogen-bond acceptors (Lipinski definition) is 4. The number of aliphatic carboxylic acids is 1. The van der Waals surface area contributed by atoms with Gasteiger partial charge in [-0.2, -0.15) is 0 Å². The first-order valence-corrected chi connectivity index (χ1v) is 7.61. The van der Waals surface area contributed by atoms with Crippen molar-refractivity contribution < 1.29 is 23.8 Å². The summed E-state index contributed by atoms with van der Waals surface area (Å²) in [4.78, 5) is 22.5. The second-order valence-corrected chi connectivity index (χ2v) is 5.80. The summed E-state index contributed by atoms with van der Waals surface area (Å²) in [5.74, 6) is -1.33. The molecule has 0 aromatic heterocycles. The fourth-order valence-corrected chi connectivity index (χ4v) is 2.85. The van der Waals surface area contributed by atoms with E-state index in [1.165, 1.54) is 6.08 Å². The molecule has 1 aliphatic rings. The minimum Gasteiger partial charge on any atom is -0.481 e. The second kappa shape index (κ2) is 7.29. The number of esters is 1. The van der Waals surface area contributed by atoms with Gasteiger partial charge in [-0.05, 0) is 49.5 Å². The Morgan fingerprint density at radius 2 is 2.12 bits per heavy atom. The van der Waals surface area contributed by atoms with E-state index in [4.69, 9.17) is 15.6 Å². The molecule has 0 saturated heterocycles. The van der Waals surface area contributed by atoms with Crippen molar-refractivity contribution in [3.8, 4) is 0 Å². The number of cyclic esters (lactones) is 1. The highest BCUT2D eigenvalue weighted by atomic mass is 19.1. The lowest BCUT2D eigenvalue weighted by atomic mass is 9.89. The van der Waals surface area contributed by atoms with Crippen LogP contribution in [0.15, 0.2) is 18.0 Å². The van der Waals surface area contributed by atoms with Gasteiger partial charge in [0.2, 0.25) is 0 Å². The van der Waals surface area contributed by atoms with Gasteiger partial charge in [0.1, 0.15) is 6.61 Å². The Morgan fingerprint density at radius 1 is 1.42 bits per heavy atom. The molecule has 1 aromatic rings. The molecule has 6 heteroatoms. The largest absolute Gasteiger partial charge is 0.481 e. The van der Waals surface area contributed by atoms with Crippen LogP contribution in [-0.4, -0.2) is 17.0 Å². The van der Waals surface area contributed by atoms with Gasteiger partial charge < -0.3 is 15.6 Å². The van der Waals surface area contributed by atoms with Crippen LogP contribution in [-0.2, 0) is 22.6 Å². The number of anilines is 1. The Morgan fingerprint density at radius 3 is 2.75 bits per heavy atom. The van der Waals surface area contributed by atoms with E-state index < -0.39 is 11.9 Å². The first-order chi connectivity index (χ1) is 11.4. The Balaban J connectivity index is 2.43. The molecule has 0 spiro atoms. The van der Waals surface area contributed by atoms with Crippen molar-refractivity contribution in [3.63, 3.8) is 0 Å². The molecule has 0 atom stereocenters. The molecule has 1 aliphatic heterocycles. The van der Waals surface area contributed by atoms with Gasteiger partial charge in [0, 0.05) is 12.0 Å². The summed E-state index contributed by atoms with van der Waals surface area (Å²) >= 11 is 0. The van der Waals surface area contributed by atoms with Crippen LogP contribution in [0.1, 0.15) is 52.4 Å². The maximum absolute atomic E-state index is 12.8. The molecule has 0 unspecified atom stereocenters. The topological polar surface area (TPSA) is 89.6 Å². The summed E-state index contributed by atoms with van der Waals surface area (Å²) in [5, 5.41) is 8.73. The first kappa shape index (κ1) is 17.7. The number of allylic oxidation sites excluding steroid dienone is 2. The monoisotopic (exact) mass is 333 g/mol. The average Bonchev–Trinajstić information content (AvgIpc) is 2.92. The van der Waals surface area contributed by atoms with Gasteiger partial charge in [-0.1, -0.05) is 11.6 Å². The molecule has 0 aliphatic carbocycles. The maximum Gasteiger partial charge on any atom is 0.341 e. The van der Waals surface area contributed by atoms with E-state index in [0.717, 1.165) is 11.1 Å². The van der Waals surface area contributed by atoms with Gasteiger partial charge in [-0.15, -0.1) is 0 Å². The molecule has 24 heavy (non-hydrogen) atoms. The summed E-state index contributed by atoms with van der Waals surface area (Å²) in [6.07, 6.45) is 4.48. The van der Waals surface area contributed by atoms with Gasteiger partial charge in [0.15, 0.2) is 0 Å². The van der Waals surface area contributed by atoms with Crippen LogP contribution in [0.4, 0.5) is 10.1 Å². The lowest BCUT2D eigenvalue weighted by Crippen LogP contribution is -2.08. The zero-order valence-electron chi connectivity index (χ0n) is 13.7. The van der Waals surface area contributed by atoms with Crippen molar-refractivity contribution in [1.29, 1.82) is 0 Å². The predicted molar refractivity (Wildman–Crippen MR) is 89.2 cm³/mol. The highest BCUT2D eigenvalue weighted by Crippen LogP contribution is 2.36. The molecule has 2 rings (SSSR count). The summed E-state index contributed by atoms with van der Waals surface area (Å²) in [6, 6.07) is 0. The zero-order chi connectivity index (χ0) is 17.9. The number of benzene rings is 1. The van der Waals surface area contributed by atoms with Crippen LogP contribution >= 0.6 is 0 Å². The van der Waals surface area contributed by atoms with Crippen LogP contribution in [0.2, 0.25) is 0 Å². The van der Waals surface area contributed by atoms with Crippen molar-refractivity contribution in [2.75, 3.05) is 5.73 Å². The number of ether oxygens (including phenoxy) is 1. The normalized spacial score (nSPS) is 14.1. The maximum atomic E-state index is 12.8. The third-order valence-electron chi connectivity index (χ3n) is 4.25. The third kappa shape index (κ3) is 3.48. The van der Waals surface area contributed by atoms with Crippen LogP contribution in [0.3, 0.4) is 0 Å². The van der Waals surface area contributed by atoms with Gasteiger partial charge in [-0.3, -0.25) is 4.79 Å². The molecule has 5 nitrogen and oxygen atoms in total. The molecule has 0 bridgehead atoms. The van der Waals surface area contributed by atoms with E-state index in [2.05, 4.69) is 0 Å². The van der Waals surface area contributed by atoms with Crippen LogP contribution < -0.4 is 5.73 Å². The quantitative estimate of drug-likeness (QED) is 0.472. The fraction of sp³-hybridized carbons (Fsp3) is 0.333. The van der Waals surface area contributed by atoms with Gasteiger partial charge in [0.25, 0.3) is 0 Å². The number of fused-ring (bicyclic) bond motifs is 1. The summed E-state index contributed by atoms with van der Waals surface area (Å²) in [6.45, 7) is 3.78. The summed E-state index contributed by atoms with van der Waals surface area (Å²) in [7, 11) is 0. The molecular weight excluding hydrogens is 313 g/mol. The summed E-state index contributed by atoms with van der Waals surface area (Å²) in [5.41, 5.74) is 10.4. The Hall–Kier alpha value is -2.63. The van der Waals surface area contributed by atoms with Gasteiger partial charge in [-0.25, -0.2) is 9.18 Å². The van der Waals surface area contributed by atoms with Gasteiger partial charge >= 0.3 is 11.9 Å². The number of carbonyl (C=O) groups excluding carboxylic acids is 1. The lowest BCUT2D eigenvalue weighted by Gasteiger charge is -2.15. The van der Waals surface area contributed by atoms with Crippen LogP contribution in [0, 0.1) is 6.92 Å². The van der Waals surface area contributed by atoms with Gasteiger partial charge in [0.05, 0.1) is 17.6 Å². The van der Waals surface area contributed by atoms with Crippen molar-refractivity contribution in [2.24, 2.45) is 0 Å². The number of carboxylic acid groups (broad SMARTS) is 1. The summed E-state index contributed by atoms with van der Waals surface area (Å²) < 4.78 is 17.9. The van der Waals surface area contributed by atoms with Crippen molar-refractivity contribution in [1.82, 2.24) is 0 Å². The number of carboxylic acids is 1. The van der Waals surface area contributed by atoms with E-state index in [1.54, 1.807) is 6.92 Å². The Bertz CT molecular complexity index is 750. The molecule has 1 heterocycles. The van der Waals surface area contributed by atoms with Crippen LogP contribution in [0.5, 0.6) is 0 Å². The number of nitrogen functional groups attached to an aromatic ring is 1. The molecule has 128 valence electrons. The standard InChI is InChI=1S/C18H20FNO4/c1-10(4-6-15(21)22)3-5-13-12(7-8-19)11(2)14-9-24-18(23)16(14)17(13)20/h3,7-8H,4-6,9,20H2,1-2H3,(H,21,22). The average molecular weight is 333 g/mol. The smallest absolute Gasteiger partial charge is 0.341 e. The minimum atomic E-state index is -0.862. The fourth-order valence-electron chi connectivity index (χ4n) is 2.85. The molecule has 0 saturated carbocycles. The molecule has 1 aromatic carbocycles. The van der Waals surface area contributed by atoms with Crippen molar-refractivity contribution in [2.45, 2.75) is 39.7 Å². The molecule has 0 amide bonds. The highest BCUT2D eigenvalue weighted by Gasteiger charge is 2.29. The number of carbonyl (C=O) groups is 2. The van der Waals surface area contributed by atoms with Crippen molar-refractivity contribution >= 4 is 23.7 Å². The van der Waals surface area contributed by atoms with E-state index >= 15 is 0 Å². The molecule has 3 N–H and O–H groups in total. The molecule has 0 fully saturated rings. The minimum absolute atomic E-state index is 0.0462. The highest BCUT2D eigenvalue weighted by molar-refractivity contribution is 6.01. The number of halogens is 1. The Kier molecular flexibility index (Phi) is 5.39. The van der Waals surface area contributed by atoms with Crippen LogP contribution in [0.25, 0.3) is 6.08 Å². The predicted octanol–water partition coefficient (Wildman–Crippen LogP) is 3.54. The zero-order valence-corrected chi connectivity index (χ0v) is 13.7. The first-order valence-electron chi connectivity index (χ1n) is 7.61. The van der Waals surface area contributed by atoms with E-state index in [1.807, 2.05) is 13.0 Å². The van der Waals surface area contributed by atoms with E-state index in [0.29, 0.717) is 47.1 Å². The number of hydrogen-bond donors (Lipinski definition) is 2. The third-order valence-corrected chi connectivity index (χ3v) is 4.25. The lowest BCUT2D eigenvalue weighted by molar-refractivity contribution is -0.136. The number of rotatable bonds is 6. The van der Waals surface area contributed by atoms with E-state index in [-0.39, 0.29) is 13.0 Å². The molecular formula is C18H20FNO4. The number of nitrogens with two attached hydrogens (primary N) is 1. The molecule has 0 radical (unpaired) electrons. The van der Waals surface area contributed by atoms with E-state index in [9.17, 15) is 14.0 Å². The SMILES string of the molecule is CC(=CCc1c(N)c2c(c(C)c1C=CF)COC2=O)CCC(=O)O. The Labute approximate surface area is 139 Å². The second-order valence-electron chi connectivity index (χ2n) is 5.80.